The molecule has 0 amide bonds. The third-order valence-corrected chi connectivity index (χ3v) is 3.06. The van der Waals surface area contributed by atoms with Crippen LogP contribution in [0, 0.1) is 6.92 Å². The Labute approximate surface area is 90.4 Å². The lowest BCUT2D eigenvalue weighted by atomic mass is 10.1. The van der Waals surface area contributed by atoms with Crippen LogP contribution in [0.25, 0.3) is 0 Å². The van der Waals surface area contributed by atoms with Crippen LogP contribution in [0.4, 0.5) is 13.2 Å². The molecular formula is C8H5Br2F3. The normalized spacial score (nSPS) is 11.8. The van der Waals surface area contributed by atoms with Crippen molar-refractivity contribution in [3.63, 3.8) is 0 Å². The monoisotopic (exact) mass is 316 g/mol. The van der Waals surface area contributed by atoms with Gasteiger partial charge in [0.2, 0.25) is 0 Å². The van der Waals surface area contributed by atoms with Crippen LogP contribution in [0.3, 0.4) is 0 Å². The predicted molar refractivity (Wildman–Crippen MR) is 51.6 cm³/mol. The summed E-state index contributed by atoms with van der Waals surface area (Å²) in [6.45, 7) is 1.62. The summed E-state index contributed by atoms with van der Waals surface area (Å²) >= 11 is 6.02. The Hall–Kier alpha value is -0.0300. The molecule has 0 nitrogen and oxygen atoms in total. The Morgan fingerprint density at radius 2 is 1.62 bits per heavy atom. The Kier molecular flexibility index (Phi) is 3.07. The summed E-state index contributed by atoms with van der Waals surface area (Å²) in [7, 11) is 0. The highest BCUT2D eigenvalue weighted by molar-refractivity contribution is 9.11. The van der Waals surface area contributed by atoms with E-state index < -0.39 is 11.7 Å². The van der Waals surface area contributed by atoms with E-state index in [0.29, 0.717) is 10.0 Å². The van der Waals surface area contributed by atoms with Gasteiger partial charge in [0.15, 0.2) is 0 Å². The summed E-state index contributed by atoms with van der Waals surface area (Å²) in [5.41, 5.74) is -0.0799. The molecule has 1 rings (SSSR count). The lowest BCUT2D eigenvalue weighted by Crippen LogP contribution is -2.06. The SMILES string of the molecule is Cc1cc(C(F)(F)F)c(Br)cc1Br. The van der Waals surface area contributed by atoms with E-state index in [1.807, 2.05) is 0 Å². The summed E-state index contributed by atoms with van der Waals surface area (Å²) < 4.78 is 37.7. The average molecular weight is 318 g/mol. The van der Waals surface area contributed by atoms with E-state index in [0.717, 1.165) is 6.07 Å². The Bertz CT molecular complexity index is 331. The van der Waals surface area contributed by atoms with Crippen LogP contribution < -0.4 is 0 Å². The summed E-state index contributed by atoms with van der Waals surface area (Å²) in [5.74, 6) is 0. The van der Waals surface area contributed by atoms with Gasteiger partial charge >= 0.3 is 6.18 Å². The highest BCUT2D eigenvalue weighted by Gasteiger charge is 2.33. The maximum Gasteiger partial charge on any atom is 0.417 e. The molecule has 0 aromatic heterocycles. The van der Waals surface area contributed by atoms with Crippen LogP contribution in [0.2, 0.25) is 0 Å². The van der Waals surface area contributed by atoms with Gasteiger partial charge in [0.25, 0.3) is 0 Å². The van der Waals surface area contributed by atoms with Gasteiger partial charge in [-0.05, 0) is 24.6 Å². The molecular weight excluding hydrogens is 313 g/mol. The fourth-order valence-electron chi connectivity index (χ4n) is 0.874. The molecule has 0 radical (unpaired) electrons. The van der Waals surface area contributed by atoms with E-state index in [1.54, 1.807) is 6.92 Å². The molecule has 1 aromatic carbocycles. The molecule has 72 valence electrons. The highest BCUT2D eigenvalue weighted by atomic mass is 79.9. The number of hydrogen-bond acceptors (Lipinski definition) is 0. The summed E-state index contributed by atoms with van der Waals surface area (Å²) in [6, 6.07) is 2.51. The van der Waals surface area contributed by atoms with Gasteiger partial charge in [-0.25, -0.2) is 0 Å². The summed E-state index contributed by atoms with van der Waals surface area (Å²) in [6.07, 6.45) is -4.30. The molecule has 0 saturated carbocycles. The van der Waals surface area contributed by atoms with E-state index in [4.69, 9.17) is 0 Å². The molecule has 5 heteroatoms. The van der Waals surface area contributed by atoms with E-state index in [1.165, 1.54) is 6.07 Å². The molecule has 0 aliphatic rings. The zero-order chi connectivity index (χ0) is 10.2. The van der Waals surface area contributed by atoms with Gasteiger partial charge in [-0.15, -0.1) is 0 Å². The molecule has 0 heterocycles. The van der Waals surface area contributed by atoms with E-state index in [9.17, 15) is 13.2 Å². The van der Waals surface area contributed by atoms with Crippen molar-refractivity contribution >= 4 is 31.9 Å². The smallest absolute Gasteiger partial charge is 0.166 e. The standard InChI is InChI=1S/C8H5Br2F3/c1-4-2-5(8(11,12)13)7(10)3-6(4)9/h2-3H,1H3. The second kappa shape index (κ2) is 3.61. The van der Waals surface area contributed by atoms with Gasteiger partial charge in [0.1, 0.15) is 0 Å². The van der Waals surface area contributed by atoms with Gasteiger partial charge < -0.3 is 0 Å². The van der Waals surface area contributed by atoms with Gasteiger partial charge in [-0.1, -0.05) is 31.9 Å². The molecule has 0 atom stereocenters. The first-order valence-corrected chi connectivity index (χ1v) is 4.94. The molecule has 0 aliphatic carbocycles. The largest absolute Gasteiger partial charge is 0.417 e. The minimum Gasteiger partial charge on any atom is -0.166 e. The van der Waals surface area contributed by atoms with Gasteiger partial charge in [0.05, 0.1) is 5.56 Å². The van der Waals surface area contributed by atoms with Crippen molar-refractivity contribution in [3.8, 4) is 0 Å². The van der Waals surface area contributed by atoms with Crippen molar-refractivity contribution in [2.24, 2.45) is 0 Å². The van der Waals surface area contributed by atoms with E-state index in [2.05, 4.69) is 31.9 Å². The quantitative estimate of drug-likeness (QED) is 0.659. The van der Waals surface area contributed by atoms with Crippen molar-refractivity contribution in [3.05, 3.63) is 32.2 Å². The number of halogens is 5. The Morgan fingerprint density at radius 3 is 2.08 bits per heavy atom. The number of rotatable bonds is 0. The first kappa shape index (κ1) is 11.0. The average Bonchev–Trinajstić information content (AvgIpc) is 1.94. The molecule has 0 N–H and O–H groups in total. The second-order valence-corrected chi connectivity index (χ2v) is 4.29. The summed E-state index contributed by atoms with van der Waals surface area (Å²) in [4.78, 5) is 0. The van der Waals surface area contributed by atoms with Crippen LogP contribution in [-0.4, -0.2) is 0 Å². The zero-order valence-corrected chi connectivity index (χ0v) is 9.72. The fourth-order valence-corrected chi connectivity index (χ4v) is 2.09. The number of aryl methyl sites for hydroxylation is 1. The number of benzene rings is 1. The minimum atomic E-state index is -4.30. The lowest BCUT2D eigenvalue weighted by molar-refractivity contribution is -0.138. The lowest BCUT2D eigenvalue weighted by Gasteiger charge is -2.10. The number of alkyl halides is 3. The van der Waals surface area contributed by atoms with Gasteiger partial charge in [0, 0.05) is 8.95 Å². The van der Waals surface area contributed by atoms with Crippen molar-refractivity contribution < 1.29 is 13.2 Å². The molecule has 13 heavy (non-hydrogen) atoms. The van der Waals surface area contributed by atoms with Crippen molar-refractivity contribution in [1.29, 1.82) is 0 Å². The molecule has 0 saturated heterocycles. The molecule has 0 fully saturated rings. The third-order valence-electron chi connectivity index (χ3n) is 1.55. The van der Waals surface area contributed by atoms with Gasteiger partial charge in [-0.2, -0.15) is 13.2 Å². The van der Waals surface area contributed by atoms with Gasteiger partial charge in [-0.3, -0.25) is 0 Å². The third kappa shape index (κ3) is 2.47. The van der Waals surface area contributed by atoms with Crippen LogP contribution in [0.1, 0.15) is 11.1 Å². The van der Waals surface area contributed by atoms with Crippen molar-refractivity contribution in [1.82, 2.24) is 0 Å². The molecule has 0 aliphatic heterocycles. The topological polar surface area (TPSA) is 0 Å². The first-order valence-electron chi connectivity index (χ1n) is 3.35. The van der Waals surface area contributed by atoms with Crippen LogP contribution in [0.5, 0.6) is 0 Å². The second-order valence-electron chi connectivity index (χ2n) is 2.58. The Balaban J connectivity index is 3.32. The molecule has 1 aromatic rings. The molecule has 0 spiro atoms. The minimum absolute atomic E-state index is 0.0532. The van der Waals surface area contributed by atoms with E-state index >= 15 is 0 Å². The van der Waals surface area contributed by atoms with Crippen molar-refractivity contribution in [2.75, 3.05) is 0 Å². The molecule has 0 unspecified atom stereocenters. The first-order chi connectivity index (χ1) is 5.82. The summed E-state index contributed by atoms with van der Waals surface area (Å²) in [5, 5.41) is 0. The fraction of sp³-hybridized carbons (Fsp3) is 0.250. The number of hydrogen-bond donors (Lipinski definition) is 0. The maximum atomic E-state index is 12.3. The van der Waals surface area contributed by atoms with Crippen LogP contribution in [0.15, 0.2) is 21.1 Å². The predicted octanol–water partition coefficient (Wildman–Crippen LogP) is 4.54. The highest BCUT2D eigenvalue weighted by Crippen LogP contribution is 2.37. The van der Waals surface area contributed by atoms with Crippen molar-refractivity contribution in [2.45, 2.75) is 13.1 Å². The maximum absolute atomic E-state index is 12.3. The van der Waals surface area contributed by atoms with Crippen LogP contribution >= 0.6 is 31.9 Å². The van der Waals surface area contributed by atoms with E-state index in [-0.39, 0.29) is 4.47 Å². The zero-order valence-electron chi connectivity index (χ0n) is 6.54. The molecule has 0 bridgehead atoms. The van der Waals surface area contributed by atoms with Crippen LogP contribution in [-0.2, 0) is 6.18 Å². The Morgan fingerprint density at radius 1 is 1.08 bits per heavy atom.